The monoisotopic (exact) mass is 275 g/mol. The Morgan fingerprint density at radius 3 is 2.75 bits per heavy atom. The average Bonchev–Trinajstić information content (AvgIpc) is 2.87. The van der Waals surface area contributed by atoms with Crippen molar-refractivity contribution in [3.8, 4) is 0 Å². The highest BCUT2D eigenvalue weighted by Gasteiger charge is 2.10. The minimum Gasteiger partial charge on any atom is -0.355 e. The maximum atomic E-state index is 11.9. The molecule has 0 saturated heterocycles. The molecule has 106 valence electrons. The van der Waals surface area contributed by atoms with Crippen LogP contribution in [0.15, 0.2) is 18.2 Å². The second-order valence-electron chi connectivity index (χ2n) is 4.24. The van der Waals surface area contributed by atoms with Gasteiger partial charge in [0, 0.05) is 18.7 Å². The molecule has 0 atom stereocenters. The van der Waals surface area contributed by atoms with Crippen molar-refractivity contribution in [2.45, 2.75) is 20.4 Å². The minimum atomic E-state index is -0.302. The molecule has 0 saturated carbocycles. The predicted octanol–water partition coefficient (Wildman–Crippen LogP) is 0.317. The van der Waals surface area contributed by atoms with Crippen LogP contribution in [0.25, 0.3) is 11.0 Å². The molecule has 1 aromatic heterocycles. The van der Waals surface area contributed by atoms with Crippen LogP contribution < -0.4 is 10.6 Å². The summed E-state index contributed by atoms with van der Waals surface area (Å²) in [4.78, 5) is 23.2. The standard InChI is InChI=1S/C13H17N5O2/c1-3-14-12(19)8-15-13(20)9-5-6-11-10(7-9)16-17-18(11)4-2/h5-7H,3-4,8H2,1-2H3,(H,14,19)(H,15,20). The first-order chi connectivity index (χ1) is 9.65. The van der Waals surface area contributed by atoms with Crippen molar-refractivity contribution >= 4 is 22.8 Å². The highest BCUT2D eigenvalue weighted by Crippen LogP contribution is 2.13. The van der Waals surface area contributed by atoms with Crippen LogP contribution in [0.3, 0.4) is 0 Å². The average molecular weight is 275 g/mol. The van der Waals surface area contributed by atoms with Gasteiger partial charge in [-0.3, -0.25) is 9.59 Å². The summed E-state index contributed by atoms with van der Waals surface area (Å²) in [5.74, 6) is -0.511. The molecular weight excluding hydrogens is 258 g/mol. The van der Waals surface area contributed by atoms with Crippen molar-refractivity contribution in [3.63, 3.8) is 0 Å². The smallest absolute Gasteiger partial charge is 0.251 e. The molecule has 0 radical (unpaired) electrons. The number of amides is 2. The van der Waals surface area contributed by atoms with Gasteiger partial charge in [-0.05, 0) is 32.0 Å². The molecule has 0 fully saturated rings. The van der Waals surface area contributed by atoms with Crippen LogP contribution in [0.2, 0.25) is 0 Å². The molecular formula is C13H17N5O2. The number of benzene rings is 1. The van der Waals surface area contributed by atoms with Gasteiger partial charge in [-0.15, -0.1) is 5.10 Å². The van der Waals surface area contributed by atoms with Crippen LogP contribution in [0.1, 0.15) is 24.2 Å². The lowest BCUT2D eigenvalue weighted by Gasteiger charge is -2.05. The third-order valence-electron chi connectivity index (χ3n) is 2.86. The zero-order valence-electron chi connectivity index (χ0n) is 11.5. The quantitative estimate of drug-likeness (QED) is 0.822. The zero-order chi connectivity index (χ0) is 14.5. The van der Waals surface area contributed by atoms with Crippen molar-refractivity contribution in [1.29, 1.82) is 0 Å². The van der Waals surface area contributed by atoms with Gasteiger partial charge in [-0.25, -0.2) is 4.68 Å². The molecule has 2 N–H and O–H groups in total. The number of fused-ring (bicyclic) bond motifs is 1. The summed E-state index contributed by atoms with van der Waals surface area (Å²) in [5, 5.41) is 13.2. The van der Waals surface area contributed by atoms with Gasteiger partial charge in [0.1, 0.15) is 5.52 Å². The topological polar surface area (TPSA) is 88.9 Å². The molecule has 0 bridgehead atoms. The fourth-order valence-electron chi connectivity index (χ4n) is 1.87. The largest absolute Gasteiger partial charge is 0.355 e. The highest BCUT2D eigenvalue weighted by molar-refractivity contribution is 5.98. The highest BCUT2D eigenvalue weighted by atomic mass is 16.2. The number of likely N-dealkylation sites (N-methyl/N-ethyl adjacent to an activating group) is 1. The summed E-state index contributed by atoms with van der Waals surface area (Å²) in [7, 11) is 0. The molecule has 2 aromatic rings. The first-order valence-electron chi connectivity index (χ1n) is 6.53. The number of hydrogen-bond donors (Lipinski definition) is 2. The van der Waals surface area contributed by atoms with E-state index in [4.69, 9.17) is 0 Å². The first kappa shape index (κ1) is 14.0. The van der Waals surface area contributed by atoms with Crippen LogP contribution in [0.5, 0.6) is 0 Å². The predicted molar refractivity (Wildman–Crippen MR) is 74.2 cm³/mol. The Morgan fingerprint density at radius 1 is 1.25 bits per heavy atom. The van der Waals surface area contributed by atoms with E-state index in [1.165, 1.54) is 0 Å². The molecule has 7 nitrogen and oxygen atoms in total. The van der Waals surface area contributed by atoms with E-state index in [1.54, 1.807) is 22.9 Å². The second kappa shape index (κ2) is 6.14. The summed E-state index contributed by atoms with van der Waals surface area (Å²) >= 11 is 0. The van der Waals surface area contributed by atoms with Gasteiger partial charge in [-0.2, -0.15) is 0 Å². The van der Waals surface area contributed by atoms with E-state index in [0.29, 0.717) is 17.6 Å². The molecule has 2 rings (SSSR count). The van der Waals surface area contributed by atoms with E-state index in [0.717, 1.165) is 12.1 Å². The lowest BCUT2D eigenvalue weighted by Crippen LogP contribution is -2.36. The van der Waals surface area contributed by atoms with Crippen molar-refractivity contribution in [3.05, 3.63) is 23.8 Å². The van der Waals surface area contributed by atoms with Gasteiger partial charge in [0.15, 0.2) is 0 Å². The third kappa shape index (κ3) is 2.93. The van der Waals surface area contributed by atoms with Crippen LogP contribution in [0.4, 0.5) is 0 Å². The van der Waals surface area contributed by atoms with Crippen molar-refractivity contribution in [1.82, 2.24) is 25.6 Å². The molecule has 0 aliphatic heterocycles. The Kier molecular flexibility index (Phi) is 4.29. The van der Waals surface area contributed by atoms with E-state index in [9.17, 15) is 9.59 Å². The Hall–Kier alpha value is -2.44. The Balaban J connectivity index is 2.09. The Labute approximate surface area is 116 Å². The summed E-state index contributed by atoms with van der Waals surface area (Å²) in [6, 6.07) is 5.17. The van der Waals surface area contributed by atoms with Gasteiger partial charge < -0.3 is 10.6 Å². The van der Waals surface area contributed by atoms with E-state index in [1.807, 2.05) is 13.8 Å². The molecule has 0 unspecified atom stereocenters. The van der Waals surface area contributed by atoms with E-state index in [2.05, 4.69) is 20.9 Å². The lowest BCUT2D eigenvalue weighted by atomic mass is 10.2. The molecule has 20 heavy (non-hydrogen) atoms. The van der Waals surface area contributed by atoms with Crippen LogP contribution in [-0.2, 0) is 11.3 Å². The number of carbonyl (C=O) groups excluding carboxylic acids is 2. The van der Waals surface area contributed by atoms with Crippen LogP contribution >= 0.6 is 0 Å². The normalized spacial score (nSPS) is 10.5. The van der Waals surface area contributed by atoms with Gasteiger partial charge in [0.25, 0.3) is 5.91 Å². The number of carbonyl (C=O) groups is 2. The van der Waals surface area contributed by atoms with E-state index < -0.39 is 0 Å². The Morgan fingerprint density at radius 2 is 2.05 bits per heavy atom. The van der Waals surface area contributed by atoms with E-state index in [-0.39, 0.29) is 18.4 Å². The van der Waals surface area contributed by atoms with Crippen LogP contribution in [0, 0.1) is 0 Å². The van der Waals surface area contributed by atoms with Crippen molar-refractivity contribution < 1.29 is 9.59 Å². The summed E-state index contributed by atoms with van der Waals surface area (Å²) in [5.41, 5.74) is 2.01. The van der Waals surface area contributed by atoms with Gasteiger partial charge >= 0.3 is 0 Å². The SMILES string of the molecule is CCNC(=O)CNC(=O)c1ccc2c(c1)nnn2CC. The summed E-state index contributed by atoms with van der Waals surface area (Å²) in [6.45, 7) is 5.03. The maximum absolute atomic E-state index is 11.9. The molecule has 1 aromatic carbocycles. The number of aryl methyl sites for hydroxylation is 1. The van der Waals surface area contributed by atoms with Crippen molar-refractivity contribution in [2.24, 2.45) is 0 Å². The molecule has 0 aliphatic carbocycles. The molecule has 7 heteroatoms. The number of rotatable bonds is 5. The van der Waals surface area contributed by atoms with Crippen LogP contribution in [-0.4, -0.2) is 39.9 Å². The van der Waals surface area contributed by atoms with Gasteiger partial charge in [-0.1, -0.05) is 5.21 Å². The second-order valence-corrected chi connectivity index (χ2v) is 4.24. The number of nitrogens with zero attached hydrogens (tertiary/aromatic N) is 3. The zero-order valence-corrected chi connectivity index (χ0v) is 11.5. The van der Waals surface area contributed by atoms with E-state index >= 15 is 0 Å². The third-order valence-corrected chi connectivity index (χ3v) is 2.86. The molecule has 0 aliphatic rings. The minimum absolute atomic E-state index is 0.0354. The molecule has 0 spiro atoms. The van der Waals surface area contributed by atoms with Gasteiger partial charge in [0.2, 0.25) is 5.91 Å². The maximum Gasteiger partial charge on any atom is 0.251 e. The number of nitrogens with one attached hydrogen (secondary N) is 2. The number of hydrogen-bond acceptors (Lipinski definition) is 4. The molecule has 1 heterocycles. The molecule has 2 amide bonds. The van der Waals surface area contributed by atoms with Gasteiger partial charge in [0.05, 0.1) is 12.1 Å². The Bertz CT molecular complexity index is 635. The lowest BCUT2D eigenvalue weighted by molar-refractivity contribution is -0.120. The number of aromatic nitrogens is 3. The fraction of sp³-hybridized carbons (Fsp3) is 0.385. The summed E-state index contributed by atoms with van der Waals surface area (Å²) in [6.07, 6.45) is 0. The first-order valence-corrected chi connectivity index (χ1v) is 6.53. The summed E-state index contributed by atoms with van der Waals surface area (Å²) < 4.78 is 1.76. The fourth-order valence-corrected chi connectivity index (χ4v) is 1.87. The van der Waals surface area contributed by atoms with Crippen molar-refractivity contribution in [2.75, 3.05) is 13.1 Å².